The number of carbonyl (C=O) groups excluding carboxylic acids is 1. The van der Waals surface area contributed by atoms with E-state index in [9.17, 15) is 4.79 Å². The predicted octanol–water partition coefficient (Wildman–Crippen LogP) is 2.98. The number of nitriles is 1. The molecule has 0 aliphatic heterocycles. The van der Waals surface area contributed by atoms with E-state index in [1.807, 2.05) is 35.1 Å². The molecule has 0 saturated heterocycles. The van der Waals surface area contributed by atoms with E-state index in [2.05, 4.69) is 21.6 Å². The maximum absolute atomic E-state index is 12.7. The van der Waals surface area contributed by atoms with Crippen molar-refractivity contribution in [2.24, 2.45) is 0 Å². The normalized spacial score (nSPS) is 12.9. The van der Waals surface area contributed by atoms with Crippen molar-refractivity contribution < 1.29 is 9.53 Å². The first-order valence-electron chi connectivity index (χ1n) is 8.88. The Bertz CT molecular complexity index is 980. The van der Waals surface area contributed by atoms with Crippen LogP contribution in [0.1, 0.15) is 30.8 Å². The zero-order valence-corrected chi connectivity index (χ0v) is 16.5. The molecule has 144 valence electrons. The van der Waals surface area contributed by atoms with Gasteiger partial charge in [0, 0.05) is 6.20 Å². The van der Waals surface area contributed by atoms with Gasteiger partial charge in [-0.2, -0.15) is 17.0 Å². The lowest BCUT2D eigenvalue weighted by atomic mass is 10.2. The molecule has 2 aromatic heterocycles. The van der Waals surface area contributed by atoms with Crippen LogP contribution >= 0.6 is 11.8 Å². The summed E-state index contributed by atoms with van der Waals surface area (Å²) < 4.78 is 7.60. The molecule has 0 aliphatic carbocycles. The number of carbonyl (C=O) groups is 1. The molecule has 3 aromatic rings. The van der Waals surface area contributed by atoms with Crippen molar-refractivity contribution in [2.45, 2.75) is 25.5 Å². The summed E-state index contributed by atoms with van der Waals surface area (Å²) in [6.45, 7) is 1.70. The second-order valence-corrected chi connectivity index (χ2v) is 7.21. The van der Waals surface area contributed by atoms with Gasteiger partial charge in [0.25, 0.3) is 5.91 Å². The van der Waals surface area contributed by atoms with E-state index in [0.29, 0.717) is 17.1 Å². The average molecular weight is 395 g/mol. The molecule has 1 aromatic carbocycles. The molecule has 2 atom stereocenters. The Labute approximate surface area is 167 Å². The smallest absolute Gasteiger partial charge is 0.261 e. The predicted molar refractivity (Wildman–Crippen MR) is 108 cm³/mol. The summed E-state index contributed by atoms with van der Waals surface area (Å²) in [6, 6.07) is 14.1. The molecular formula is C20H21N5O2S. The van der Waals surface area contributed by atoms with E-state index in [0.717, 1.165) is 17.8 Å². The molecule has 1 N–H and O–H groups in total. The first kappa shape index (κ1) is 19.7. The van der Waals surface area contributed by atoms with Gasteiger partial charge in [-0.25, -0.2) is 0 Å². The lowest BCUT2D eigenvalue weighted by molar-refractivity contribution is -0.128. The van der Waals surface area contributed by atoms with Gasteiger partial charge < -0.3 is 10.1 Å². The largest absolute Gasteiger partial charge is 0.481 e. The van der Waals surface area contributed by atoms with Crippen LogP contribution in [0.4, 0.5) is 0 Å². The van der Waals surface area contributed by atoms with Crippen LogP contribution < -0.4 is 10.1 Å². The van der Waals surface area contributed by atoms with Crippen LogP contribution in [-0.2, 0) is 4.79 Å². The summed E-state index contributed by atoms with van der Waals surface area (Å²) in [7, 11) is 0. The number of hydrogen-bond donors (Lipinski definition) is 1. The molecule has 3 rings (SSSR count). The Kier molecular flexibility index (Phi) is 6.50. The van der Waals surface area contributed by atoms with E-state index in [1.165, 1.54) is 0 Å². The average Bonchev–Trinajstić information content (AvgIpc) is 3.15. The van der Waals surface area contributed by atoms with Crippen molar-refractivity contribution in [1.82, 2.24) is 19.9 Å². The highest BCUT2D eigenvalue weighted by Crippen LogP contribution is 2.19. The van der Waals surface area contributed by atoms with Gasteiger partial charge in [0.2, 0.25) is 0 Å². The fourth-order valence-corrected chi connectivity index (χ4v) is 3.23. The first-order valence-corrected chi connectivity index (χ1v) is 10.3. The van der Waals surface area contributed by atoms with Crippen LogP contribution in [-0.4, -0.2) is 38.6 Å². The van der Waals surface area contributed by atoms with Gasteiger partial charge in [-0.1, -0.05) is 6.07 Å². The molecule has 0 aliphatic rings. The minimum atomic E-state index is -0.691. The topological polar surface area (TPSA) is 92.3 Å². The summed E-state index contributed by atoms with van der Waals surface area (Å²) >= 11 is 1.71. The lowest BCUT2D eigenvalue weighted by Crippen LogP contribution is -2.39. The number of nitrogens with one attached hydrogen (secondary N) is 1. The Morgan fingerprint density at radius 2 is 2.07 bits per heavy atom. The van der Waals surface area contributed by atoms with Gasteiger partial charge in [0.05, 0.1) is 17.7 Å². The SMILES string of the molecule is CSCCC(NC(=O)C(C)Oc1ccc(C#N)cc1)c1nnc2ccccn12. The van der Waals surface area contributed by atoms with Crippen molar-refractivity contribution in [2.75, 3.05) is 12.0 Å². The first-order chi connectivity index (χ1) is 13.6. The number of pyridine rings is 1. The summed E-state index contributed by atoms with van der Waals surface area (Å²) in [4.78, 5) is 12.7. The maximum Gasteiger partial charge on any atom is 0.261 e. The molecule has 7 nitrogen and oxygen atoms in total. The van der Waals surface area contributed by atoms with E-state index >= 15 is 0 Å². The quantitative estimate of drug-likeness (QED) is 0.630. The van der Waals surface area contributed by atoms with E-state index < -0.39 is 6.10 Å². The summed E-state index contributed by atoms with van der Waals surface area (Å²) in [5.74, 6) is 1.87. The minimum Gasteiger partial charge on any atom is -0.481 e. The van der Waals surface area contributed by atoms with Crippen LogP contribution in [0.5, 0.6) is 5.75 Å². The Morgan fingerprint density at radius 1 is 1.29 bits per heavy atom. The van der Waals surface area contributed by atoms with Gasteiger partial charge in [0.15, 0.2) is 17.6 Å². The van der Waals surface area contributed by atoms with Crippen molar-refractivity contribution in [3.63, 3.8) is 0 Å². The molecule has 0 radical (unpaired) electrons. The second-order valence-electron chi connectivity index (χ2n) is 6.23. The zero-order valence-electron chi connectivity index (χ0n) is 15.7. The van der Waals surface area contributed by atoms with Crippen molar-refractivity contribution in [1.29, 1.82) is 5.26 Å². The molecule has 2 heterocycles. The van der Waals surface area contributed by atoms with Crippen LogP contribution in [0.3, 0.4) is 0 Å². The molecule has 1 amide bonds. The van der Waals surface area contributed by atoms with Gasteiger partial charge in [-0.15, -0.1) is 10.2 Å². The standard InChI is InChI=1S/C20H21N5O2S/c1-14(27-16-8-6-15(13-21)7-9-16)20(26)22-17(10-12-28-2)19-24-23-18-5-3-4-11-25(18)19/h3-9,11,14,17H,10,12H2,1-2H3,(H,22,26). The van der Waals surface area contributed by atoms with Crippen LogP contribution in [0.2, 0.25) is 0 Å². The summed E-state index contributed by atoms with van der Waals surface area (Å²) in [5, 5.41) is 20.4. The Morgan fingerprint density at radius 3 is 2.79 bits per heavy atom. The van der Waals surface area contributed by atoms with Crippen molar-refractivity contribution in [3.8, 4) is 11.8 Å². The van der Waals surface area contributed by atoms with E-state index in [1.54, 1.807) is 43.0 Å². The number of thioether (sulfide) groups is 1. The highest BCUT2D eigenvalue weighted by Gasteiger charge is 2.23. The Hall–Kier alpha value is -3.05. The van der Waals surface area contributed by atoms with E-state index in [-0.39, 0.29) is 11.9 Å². The molecule has 0 spiro atoms. The molecular weight excluding hydrogens is 374 g/mol. The zero-order chi connectivity index (χ0) is 19.9. The summed E-state index contributed by atoms with van der Waals surface area (Å²) in [6.07, 6.45) is 3.95. The number of nitrogens with zero attached hydrogens (tertiary/aromatic N) is 4. The molecule has 0 fully saturated rings. The van der Waals surface area contributed by atoms with Crippen molar-refractivity contribution >= 4 is 23.3 Å². The highest BCUT2D eigenvalue weighted by molar-refractivity contribution is 7.98. The van der Waals surface area contributed by atoms with Gasteiger partial charge in [0.1, 0.15) is 5.75 Å². The Balaban J connectivity index is 1.72. The van der Waals surface area contributed by atoms with Crippen LogP contribution in [0.15, 0.2) is 48.7 Å². The number of rotatable bonds is 8. The van der Waals surface area contributed by atoms with Gasteiger partial charge >= 0.3 is 0 Å². The third kappa shape index (κ3) is 4.61. The van der Waals surface area contributed by atoms with Gasteiger partial charge in [-0.3, -0.25) is 9.20 Å². The molecule has 0 bridgehead atoms. The number of fused-ring (bicyclic) bond motifs is 1. The third-order valence-electron chi connectivity index (χ3n) is 4.24. The number of benzene rings is 1. The fourth-order valence-electron chi connectivity index (χ4n) is 2.75. The molecule has 28 heavy (non-hydrogen) atoms. The third-order valence-corrected chi connectivity index (χ3v) is 4.89. The molecule has 0 saturated carbocycles. The van der Waals surface area contributed by atoms with Crippen LogP contribution in [0, 0.1) is 11.3 Å². The van der Waals surface area contributed by atoms with Crippen molar-refractivity contribution in [3.05, 3.63) is 60.0 Å². The molecule has 2 unspecified atom stereocenters. The maximum atomic E-state index is 12.7. The number of hydrogen-bond acceptors (Lipinski definition) is 6. The number of ether oxygens (including phenoxy) is 1. The minimum absolute atomic E-state index is 0.233. The number of amides is 1. The monoisotopic (exact) mass is 395 g/mol. The van der Waals surface area contributed by atoms with Crippen LogP contribution in [0.25, 0.3) is 5.65 Å². The lowest BCUT2D eigenvalue weighted by Gasteiger charge is -2.20. The second kappa shape index (κ2) is 9.24. The summed E-state index contributed by atoms with van der Waals surface area (Å²) in [5.41, 5.74) is 1.28. The van der Waals surface area contributed by atoms with Gasteiger partial charge in [-0.05, 0) is 61.8 Å². The fraction of sp³-hybridized carbons (Fsp3) is 0.300. The highest BCUT2D eigenvalue weighted by atomic mass is 32.2. The molecule has 8 heteroatoms. The number of aromatic nitrogens is 3. The van der Waals surface area contributed by atoms with E-state index in [4.69, 9.17) is 10.00 Å².